The number of amides is 1. The Labute approximate surface area is 212 Å². The van der Waals surface area contributed by atoms with E-state index in [2.05, 4.69) is 36.4 Å². The van der Waals surface area contributed by atoms with Crippen LogP contribution in [0.5, 0.6) is 0 Å². The van der Waals surface area contributed by atoms with Gasteiger partial charge in [0.15, 0.2) is 0 Å². The average Bonchev–Trinajstić information content (AvgIpc) is 3.21. The van der Waals surface area contributed by atoms with Gasteiger partial charge in [-0.05, 0) is 47.1 Å². The van der Waals surface area contributed by atoms with E-state index in [-0.39, 0.29) is 24.1 Å². The average molecular weight is 482 g/mol. The molecule has 0 aromatic heterocycles. The van der Waals surface area contributed by atoms with Crippen LogP contribution in [0.25, 0.3) is 17.2 Å². The van der Waals surface area contributed by atoms with Gasteiger partial charge in [0, 0.05) is 5.92 Å². The van der Waals surface area contributed by atoms with Crippen LogP contribution < -0.4 is 0 Å². The molecule has 1 N–H and O–H groups in total. The molecule has 2 atom stereocenters. The molecule has 3 aromatic carbocycles. The summed E-state index contributed by atoms with van der Waals surface area (Å²) in [5.74, 6) is 0.0299. The monoisotopic (exact) mass is 481 g/mol. The van der Waals surface area contributed by atoms with Crippen molar-refractivity contribution in [2.75, 3.05) is 19.8 Å². The number of rotatable bonds is 5. The lowest BCUT2D eigenvalue weighted by Crippen LogP contribution is -2.63. The molecule has 3 aromatic rings. The van der Waals surface area contributed by atoms with Crippen LogP contribution in [0.15, 0.2) is 84.9 Å². The van der Waals surface area contributed by atoms with Gasteiger partial charge in [0.1, 0.15) is 6.61 Å². The number of morpholine rings is 1. The highest BCUT2D eigenvalue weighted by atomic mass is 16.6. The molecule has 184 valence electrons. The largest absolute Gasteiger partial charge is 0.448 e. The van der Waals surface area contributed by atoms with Gasteiger partial charge in [0.05, 0.1) is 30.9 Å². The maximum absolute atomic E-state index is 13.4. The molecular weight excluding hydrogens is 450 g/mol. The third-order valence-corrected chi connectivity index (χ3v) is 7.79. The number of carbonyl (C=O) groups is 1. The van der Waals surface area contributed by atoms with Crippen LogP contribution in [0, 0.1) is 0 Å². The van der Waals surface area contributed by atoms with Crippen molar-refractivity contribution in [3.05, 3.63) is 102 Å². The quantitative estimate of drug-likeness (QED) is 0.513. The van der Waals surface area contributed by atoms with Crippen molar-refractivity contribution in [3.63, 3.8) is 0 Å². The van der Waals surface area contributed by atoms with Gasteiger partial charge < -0.3 is 14.6 Å². The number of fused-ring (bicyclic) bond motifs is 5. The van der Waals surface area contributed by atoms with E-state index in [1.165, 1.54) is 22.3 Å². The molecule has 5 nitrogen and oxygen atoms in total. The van der Waals surface area contributed by atoms with E-state index in [4.69, 9.17) is 9.47 Å². The highest BCUT2D eigenvalue weighted by Crippen LogP contribution is 2.45. The second kappa shape index (κ2) is 9.57. The Morgan fingerprint density at radius 1 is 0.917 bits per heavy atom. The number of carbonyl (C=O) groups excluding carboxylic acids is 1. The lowest BCUT2D eigenvalue weighted by atomic mass is 9.79. The summed E-state index contributed by atoms with van der Waals surface area (Å²) in [5, 5.41) is 11.4. The summed E-state index contributed by atoms with van der Waals surface area (Å²) < 4.78 is 11.7. The van der Waals surface area contributed by atoms with Crippen LogP contribution >= 0.6 is 0 Å². The predicted molar refractivity (Wildman–Crippen MR) is 140 cm³/mol. The highest BCUT2D eigenvalue weighted by Gasteiger charge is 2.48. The second-order valence-corrected chi connectivity index (χ2v) is 10.2. The Hall–Kier alpha value is -3.41. The fraction of sp³-hybridized carbons (Fsp3) is 0.323. The molecule has 5 heteroatoms. The Morgan fingerprint density at radius 2 is 1.50 bits per heavy atom. The van der Waals surface area contributed by atoms with E-state index < -0.39 is 5.60 Å². The van der Waals surface area contributed by atoms with Gasteiger partial charge in [-0.2, -0.15) is 0 Å². The molecule has 1 amide bonds. The standard InChI is InChI=1S/C31H31NO4/c33-30(36-21-29-27-14-6-4-12-25(27)26-13-5-7-15-28(26)29)32-23-17-31(34,18-24(32)20-35-19-23)16-8-11-22-9-2-1-3-10-22/h1-15,23-24,29,34H,16-21H2/b11-8+. The summed E-state index contributed by atoms with van der Waals surface area (Å²) in [5.41, 5.74) is 5.09. The summed E-state index contributed by atoms with van der Waals surface area (Å²) in [6, 6.07) is 26.4. The van der Waals surface area contributed by atoms with E-state index in [0.29, 0.717) is 39.1 Å². The predicted octanol–water partition coefficient (Wildman–Crippen LogP) is 5.63. The molecule has 0 spiro atoms. The van der Waals surface area contributed by atoms with Crippen molar-refractivity contribution < 1.29 is 19.4 Å². The molecule has 0 radical (unpaired) electrons. The van der Waals surface area contributed by atoms with Crippen LogP contribution in [-0.4, -0.2) is 53.6 Å². The number of ether oxygens (including phenoxy) is 2. The topological polar surface area (TPSA) is 59.0 Å². The summed E-state index contributed by atoms with van der Waals surface area (Å²) in [7, 11) is 0. The normalized spacial score (nSPS) is 25.0. The van der Waals surface area contributed by atoms with Gasteiger partial charge in [0.25, 0.3) is 0 Å². The molecular formula is C31H31NO4. The fourth-order valence-electron chi connectivity index (χ4n) is 6.19. The molecule has 2 unspecified atom stereocenters. The first-order valence-corrected chi connectivity index (χ1v) is 12.8. The number of hydrogen-bond donors (Lipinski definition) is 1. The maximum Gasteiger partial charge on any atom is 0.410 e. The molecule has 2 saturated heterocycles. The second-order valence-electron chi connectivity index (χ2n) is 10.2. The van der Waals surface area contributed by atoms with E-state index in [1.807, 2.05) is 59.5 Å². The first-order chi connectivity index (χ1) is 17.6. The zero-order chi connectivity index (χ0) is 24.5. The minimum atomic E-state index is -0.857. The molecule has 1 aliphatic carbocycles. The number of piperidine rings is 1. The van der Waals surface area contributed by atoms with E-state index in [9.17, 15) is 9.90 Å². The van der Waals surface area contributed by atoms with Gasteiger partial charge in [0.2, 0.25) is 0 Å². The third-order valence-electron chi connectivity index (χ3n) is 7.79. The first-order valence-electron chi connectivity index (χ1n) is 12.8. The van der Waals surface area contributed by atoms with E-state index in [1.54, 1.807) is 0 Å². The molecule has 2 heterocycles. The zero-order valence-corrected chi connectivity index (χ0v) is 20.3. The third kappa shape index (κ3) is 4.34. The minimum absolute atomic E-state index is 0.0299. The van der Waals surface area contributed by atoms with Crippen LogP contribution in [0.1, 0.15) is 41.9 Å². The minimum Gasteiger partial charge on any atom is -0.448 e. The van der Waals surface area contributed by atoms with E-state index >= 15 is 0 Å². The molecule has 2 bridgehead atoms. The maximum atomic E-state index is 13.4. The number of benzene rings is 3. The number of nitrogens with zero attached hydrogens (tertiary/aromatic N) is 1. The van der Waals surface area contributed by atoms with Crippen LogP contribution in [0.4, 0.5) is 4.79 Å². The molecule has 6 rings (SSSR count). The molecule has 3 aliphatic rings. The number of hydrogen-bond acceptors (Lipinski definition) is 4. The van der Waals surface area contributed by atoms with E-state index in [0.717, 1.165) is 5.56 Å². The molecule has 2 fully saturated rings. The Bertz CT molecular complexity index is 1210. The Balaban J connectivity index is 1.13. The number of aliphatic hydroxyl groups is 1. The lowest BCUT2D eigenvalue weighted by molar-refractivity contribution is -0.131. The van der Waals surface area contributed by atoms with Gasteiger partial charge in [-0.15, -0.1) is 0 Å². The van der Waals surface area contributed by atoms with Gasteiger partial charge in [-0.25, -0.2) is 4.79 Å². The first kappa shape index (κ1) is 23.0. The van der Waals surface area contributed by atoms with Gasteiger partial charge >= 0.3 is 6.09 Å². The zero-order valence-electron chi connectivity index (χ0n) is 20.3. The van der Waals surface area contributed by atoms with Gasteiger partial charge in [-0.3, -0.25) is 4.90 Å². The summed E-state index contributed by atoms with van der Waals surface area (Å²) >= 11 is 0. The molecule has 2 aliphatic heterocycles. The van der Waals surface area contributed by atoms with Crippen molar-refractivity contribution in [1.29, 1.82) is 0 Å². The summed E-state index contributed by atoms with van der Waals surface area (Å²) in [6.07, 6.45) is 5.28. The van der Waals surface area contributed by atoms with Crippen molar-refractivity contribution >= 4 is 12.2 Å². The van der Waals surface area contributed by atoms with Crippen LogP contribution in [0.2, 0.25) is 0 Å². The van der Waals surface area contributed by atoms with Crippen molar-refractivity contribution in [2.24, 2.45) is 0 Å². The Morgan fingerprint density at radius 3 is 2.14 bits per heavy atom. The van der Waals surface area contributed by atoms with Gasteiger partial charge in [-0.1, -0.05) is 91.0 Å². The lowest BCUT2D eigenvalue weighted by Gasteiger charge is -2.50. The summed E-state index contributed by atoms with van der Waals surface area (Å²) in [6.45, 7) is 1.14. The smallest absolute Gasteiger partial charge is 0.410 e. The van der Waals surface area contributed by atoms with Crippen LogP contribution in [-0.2, 0) is 9.47 Å². The Kier molecular flexibility index (Phi) is 6.12. The van der Waals surface area contributed by atoms with Crippen molar-refractivity contribution in [3.8, 4) is 11.1 Å². The SMILES string of the molecule is O=C(OCC1c2ccccc2-c2ccccc21)N1C2COCC1CC(O)(C/C=C/c1ccccc1)C2. The fourth-order valence-corrected chi connectivity index (χ4v) is 6.19. The molecule has 36 heavy (non-hydrogen) atoms. The molecule has 0 saturated carbocycles. The highest BCUT2D eigenvalue weighted by molar-refractivity contribution is 5.79. The van der Waals surface area contributed by atoms with Crippen molar-refractivity contribution in [1.82, 2.24) is 4.90 Å². The summed E-state index contributed by atoms with van der Waals surface area (Å²) in [4.78, 5) is 15.2. The van der Waals surface area contributed by atoms with Crippen LogP contribution in [0.3, 0.4) is 0 Å². The van der Waals surface area contributed by atoms with Crippen molar-refractivity contribution in [2.45, 2.75) is 42.9 Å².